The number of hydrogen-bond acceptors (Lipinski definition) is 3. The minimum Gasteiger partial charge on any atom is -0.477 e. The molecular formula is C10H9N3O2. The molecule has 2 aromatic rings. The molecule has 0 aliphatic rings. The van der Waals surface area contributed by atoms with Crippen molar-refractivity contribution in [3.63, 3.8) is 0 Å². The van der Waals surface area contributed by atoms with Crippen molar-refractivity contribution in [2.45, 2.75) is 6.92 Å². The summed E-state index contributed by atoms with van der Waals surface area (Å²) in [5.74, 6) is -1.03. The van der Waals surface area contributed by atoms with Crippen LogP contribution < -0.4 is 0 Å². The Morgan fingerprint density at radius 1 is 1.40 bits per heavy atom. The molecule has 0 saturated carbocycles. The van der Waals surface area contributed by atoms with E-state index in [2.05, 4.69) is 15.2 Å². The number of nitrogens with one attached hydrogen (secondary N) is 1. The highest BCUT2D eigenvalue weighted by Gasteiger charge is 2.09. The maximum Gasteiger partial charge on any atom is 0.353 e. The Kier molecular flexibility index (Phi) is 2.21. The summed E-state index contributed by atoms with van der Waals surface area (Å²) in [6.45, 7) is 1.94. The molecular weight excluding hydrogens is 194 g/mol. The molecule has 0 unspecified atom stereocenters. The van der Waals surface area contributed by atoms with Crippen LogP contribution in [0.15, 0.2) is 24.4 Å². The average Bonchev–Trinajstić information content (AvgIpc) is 2.66. The molecule has 2 N–H and O–H groups in total. The second kappa shape index (κ2) is 3.53. The van der Waals surface area contributed by atoms with Gasteiger partial charge in [0.1, 0.15) is 11.4 Å². The molecule has 0 bridgehead atoms. The number of aromatic amines is 1. The fourth-order valence-electron chi connectivity index (χ4n) is 1.24. The van der Waals surface area contributed by atoms with E-state index < -0.39 is 5.97 Å². The van der Waals surface area contributed by atoms with Crippen LogP contribution in [0.4, 0.5) is 0 Å². The molecule has 0 aliphatic carbocycles. The van der Waals surface area contributed by atoms with Crippen LogP contribution in [0, 0.1) is 6.92 Å². The van der Waals surface area contributed by atoms with Crippen LogP contribution in [-0.4, -0.2) is 26.3 Å². The van der Waals surface area contributed by atoms with E-state index in [0.29, 0.717) is 11.4 Å². The molecule has 15 heavy (non-hydrogen) atoms. The van der Waals surface area contributed by atoms with E-state index in [4.69, 9.17) is 5.11 Å². The van der Waals surface area contributed by atoms with Gasteiger partial charge in [0.05, 0.1) is 5.69 Å². The number of H-pyrrole nitrogens is 1. The third-order valence-electron chi connectivity index (χ3n) is 1.99. The number of rotatable bonds is 2. The zero-order valence-corrected chi connectivity index (χ0v) is 8.06. The topological polar surface area (TPSA) is 78.9 Å². The largest absolute Gasteiger partial charge is 0.477 e. The van der Waals surface area contributed by atoms with E-state index in [1.165, 1.54) is 6.07 Å². The third-order valence-corrected chi connectivity index (χ3v) is 1.99. The maximum absolute atomic E-state index is 10.6. The Hall–Kier alpha value is -2.17. The van der Waals surface area contributed by atoms with Crippen molar-refractivity contribution < 1.29 is 9.90 Å². The number of carboxylic acid groups (broad SMARTS) is 1. The van der Waals surface area contributed by atoms with E-state index in [9.17, 15) is 4.79 Å². The molecule has 0 radical (unpaired) electrons. The van der Waals surface area contributed by atoms with E-state index in [1.54, 1.807) is 6.20 Å². The van der Waals surface area contributed by atoms with Gasteiger partial charge in [-0.1, -0.05) is 0 Å². The average molecular weight is 203 g/mol. The van der Waals surface area contributed by atoms with Gasteiger partial charge in [0.25, 0.3) is 0 Å². The van der Waals surface area contributed by atoms with Gasteiger partial charge in [-0.3, -0.25) is 10.1 Å². The van der Waals surface area contributed by atoms with Crippen LogP contribution in [0.2, 0.25) is 0 Å². The highest BCUT2D eigenvalue weighted by atomic mass is 16.4. The number of carbonyl (C=O) groups is 1. The molecule has 0 fully saturated rings. The minimum atomic E-state index is -1.03. The lowest BCUT2D eigenvalue weighted by atomic mass is 10.2. The molecule has 5 nitrogen and oxygen atoms in total. The van der Waals surface area contributed by atoms with Crippen LogP contribution >= 0.6 is 0 Å². The standard InChI is InChI=1S/C10H9N3O2/c1-6-2-3-11-7(4-6)8-5-9(10(14)15)13-12-8/h2-5H,1H3,(H,12,13)(H,14,15). The van der Waals surface area contributed by atoms with Gasteiger partial charge in [0, 0.05) is 12.3 Å². The van der Waals surface area contributed by atoms with Gasteiger partial charge in [0.15, 0.2) is 0 Å². The van der Waals surface area contributed by atoms with Crippen LogP contribution in [0.1, 0.15) is 16.1 Å². The molecule has 2 rings (SSSR count). The molecule has 5 heteroatoms. The molecule has 0 aromatic carbocycles. The summed E-state index contributed by atoms with van der Waals surface area (Å²) in [5.41, 5.74) is 2.32. The van der Waals surface area contributed by atoms with Crippen molar-refractivity contribution in [2.75, 3.05) is 0 Å². The Morgan fingerprint density at radius 3 is 2.80 bits per heavy atom. The summed E-state index contributed by atoms with van der Waals surface area (Å²) >= 11 is 0. The SMILES string of the molecule is Cc1ccnc(-c2cc(C(=O)O)[nH]n2)c1. The van der Waals surface area contributed by atoms with E-state index >= 15 is 0 Å². The first kappa shape index (κ1) is 9.39. The fourth-order valence-corrected chi connectivity index (χ4v) is 1.24. The zero-order chi connectivity index (χ0) is 10.8. The van der Waals surface area contributed by atoms with Crippen molar-refractivity contribution in [2.24, 2.45) is 0 Å². The molecule has 0 amide bonds. The van der Waals surface area contributed by atoms with Crippen molar-refractivity contribution in [3.8, 4) is 11.4 Å². The minimum absolute atomic E-state index is 0.0632. The number of aromatic carboxylic acids is 1. The Labute approximate surface area is 85.8 Å². The van der Waals surface area contributed by atoms with Gasteiger partial charge in [-0.05, 0) is 24.6 Å². The summed E-state index contributed by atoms with van der Waals surface area (Å²) < 4.78 is 0. The quantitative estimate of drug-likeness (QED) is 0.774. The molecule has 0 atom stereocenters. The predicted molar refractivity (Wildman–Crippen MR) is 53.5 cm³/mol. The highest BCUT2D eigenvalue weighted by molar-refractivity contribution is 5.86. The van der Waals surface area contributed by atoms with Crippen LogP contribution in [0.25, 0.3) is 11.4 Å². The van der Waals surface area contributed by atoms with Gasteiger partial charge in [0.2, 0.25) is 0 Å². The maximum atomic E-state index is 10.6. The zero-order valence-electron chi connectivity index (χ0n) is 8.06. The van der Waals surface area contributed by atoms with E-state index in [0.717, 1.165) is 5.56 Å². The van der Waals surface area contributed by atoms with Crippen LogP contribution in [0.5, 0.6) is 0 Å². The summed E-state index contributed by atoms with van der Waals surface area (Å²) in [6, 6.07) is 5.18. The van der Waals surface area contributed by atoms with Gasteiger partial charge < -0.3 is 5.11 Å². The van der Waals surface area contributed by atoms with Crippen molar-refractivity contribution in [1.29, 1.82) is 0 Å². The summed E-state index contributed by atoms with van der Waals surface area (Å²) in [5, 5.41) is 15.0. The molecule has 2 heterocycles. The fraction of sp³-hybridized carbons (Fsp3) is 0.100. The van der Waals surface area contributed by atoms with E-state index in [1.807, 2.05) is 19.1 Å². The Balaban J connectivity index is 2.41. The normalized spacial score (nSPS) is 10.2. The summed E-state index contributed by atoms with van der Waals surface area (Å²) in [6.07, 6.45) is 1.67. The van der Waals surface area contributed by atoms with Crippen LogP contribution in [-0.2, 0) is 0 Å². The molecule has 0 spiro atoms. The van der Waals surface area contributed by atoms with Gasteiger partial charge in [-0.25, -0.2) is 4.79 Å². The smallest absolute Gasteiger partial charge is 0.353 e. The number of pyridine rings is 1. The first-order chi connectivity index (χ1) is 7.16. The highest BCUT2D eigenvalue weighted by Crippen LogP contribution is 2.15. The first-order valence-corrected chi connectivity index (χ1v) is 4.38. The van der Waals surface area contributed by atoms with Crippen molar-refractivity contribution in [3.05, 3.63) is 35.7 Å². The van der Waals surface area contributed by atoms with Crippen molar-refractivity contribution in [1.82, 2.24) is 15.2 Å². The number of aromatic nitrogens is 3. The lowest BCUT2D eigenvalue weighted by molar-refractivity contribution is 0.0690. The number of nitrogens with zero attached hydrogens (tertiary/aromatic N) is 2. The van der Waals surface area contributed by atoms with Crippen molar-refractivity contribution >= 4 is 5.97 Å². The second-order valence-corrected chi connectivity index (χ2v) is 3.19. The van der Waals surface area contributed by atoms with Gasteiger partial charge in [-0.15, -0.1) is 0 Å². The Bertz CT molecular complexity index is 505. The van der Waals surface area contributed by atoms with Gasteiger partial charge in [-0.2, -0.15) is 5.10 Å². The van der Waals surface area contributed by atoms with Gasteiger partial charge >= 0.3 is 5.97 Å². The lowest BCUT2D eigenvalue weighted by Crippen LogP contribution is -1.95. The number of aryl methyl sites for hydroxylation is 1. The summed E-state index contributed by atoms with van der Waals surface area (Å²) in [4.78, 5) is 14.7. The number of hydrogen-bond donors (Lipinski definition) is 2. The number of carboxylic acids is 1. The monoisotopic (exact) mass is 203 g/mol. The molecule has 0 saturated heterocycles. The first-order valence-electron chi connectivity index (χ1n) is 4.38. The van der Waals surface area contributed by atoms with E-state index in [-0.39, 0.29) is 5.69 Å². The molecule has 2 aromatic heterocycles. The molecule has 76 valence electrons. The second-order valence-electron chi connectivity index (χ2n) is 3.19. The van der Waals surface area contributed by atoms with Crippen LogP contribution in [0.3, 0.4) is 0 Å². The Morgan fingerprint density at radius 2 is 2.20 bits per heavy atom. The predicted octanol–water partition coefficient (Wildman–Crippen LogP) is 1.48. The molecule has 0 aliphatic heterocycles. The summed E-state index contributed by atoms with van der Waals surface area (Å²) in [7, 11) is 0. The lowest BCUT2D eigenvalue weighted by Gasteiger charge is -1.95. The third kappa shape index (κ3) is 1.85.